The molecule has 0 spiro atoms. The Kier molecular flexibility index (Phi) is 12.8. The van der Waals surface area contributed by atoms with Gasteiger partial charge in [-0.05, 0) is 130 Å². The van der Waals surface area contributed by atoms with Crippen LogP contribution >= 0.6 is 0 Å². The molecule has 0 unspecified atom stereocenters. The van der Waals surface area contributed by atoms with Crippen molar-refractivity contribution in [2.24, 2.45) is 11.3 Å². The standard InChI is InChI=1S/C57H58O10/c1-35(59)66-52-31-44(67-55(63)56(21-10-11-22-56)42-18-16-39-24-43(60)30-46(45(39)29-42)37-14-8-5-9-15-37)25-41(38-17-19-50(61)53(27-38)64-2)33-57(23-20-36-12-6-4-7-13-36)48(52)26-40-28-54(65-3)51(62)32-47(40)49(57)34-58/h4-9,12-20,23-24,27-30,32,41,44,48-49,52,58,60-62H,10-11,21-22,25-26,31,33-34H2,1-3H3/b23-20+/t41-,44-,48-,49-,52+,57-/m0/s1. The second-order valence-corrected chi connectivity index (χ2v) is 18.7. The summed E-state index contributed by atoms with van der Waals surface area (Å²) in [5.41, 5.74) is 4.22. The maximum absolute atomic E-state index is 15.4. The molecule has 10 heteroatoms. The highest BCUT2D eigenvalue weighted by Crippen LogP contribution is 2.60. The number of fused-ring (bicyclic) bond motifs is 3. The number of carbonyl (C=O) groups is 2. The average Bonchev–Trinajstić information content (AvgIpc) is 3.84. The summed E-state index contributed by atoms with van der Waals surface area (Å²) in [4.78, 5) is 28.7. The van der Waals surface area contributed by atoms with Gasteiger partial charge in [0.05, 0.1) is 26.2 Å². The van der Waals surface area contributed by atoms with Crippen LogP contribution in [0.25, 0.3) is 28.0 Å². The normalized spacial score (nSPS) is 23.4. The zero-order chi connectivity index (χ0) is 46.9. The number of rotatable bonds is 11. The molecule has 2 fully saturated rings. The van der Waals surface area contributed by atoms with Gasteiger partial charge in [0.25, 0.3) is 0 Å². The summed E-state index contributed by atoms with van der Waals surface area (Å²) in [5, 5.41) is 46.2. The molecule has 9 rings (SSSR count). The van der Waals surface area contributed by atoms with Crippen LogP contribution in [0.2, 0.25) is 0 Å². The Hall–Kier alpha value is -6.78. The minimum atomic E-state index is -0.955. The van der Waals surface area contributed by atoms with Crippen molar-refractivity contribution in [3.05, 3.63) is 155 Å². The van der Waals surface area contributed by atoms with E-state index in [2.05, 4.69) is 18.2 Å². The molecule has 0 amide bonds. The Morgan fingerprint density at radius 1 is 0.761 bits per heavy atom. The van der Waals surface area contributed by atoms with Gasteiger partial charge in [-0.3, -0.25) is 9.59 Å². The molecule has 6 atom stereocenters. The van der Waals surface area contributed by atoms with E-state index in [0.717, 1.165) is 62.6 Å². The Morgan fingerprint density at radius 3 is 2.18 bits per heavy atom. The number of aliphatic hydroxyl groups is 1. The van der Waals surface area contributed by atoms with Crippen LogP contribution < -0.4 is 9.47 Å². The van der Waals surface area contributed by atoms with Crippen molar-refractivity contribution in [2.45, 2.75) is 87.7 Å². The second-order valence-electron chi connectivity index (χ2n) is 18.7. The van der Waals surface area contributed by atoms with Gasteiger partial charge in [0.2, 0.25) is 0 Å². The van der Waals surface area contributed by atoms with Crippen LogP contribution in [-0.4, -0.2) is 65.4 Å². The topological polar surface area (TPSA) is 152 Å². The smallest absolute Gasteiger partial charge is 0.316 e. The van der Waals surface area contributed by atoms with E-state index in [4.69, 9.17) is 18.9 Å². The van der Waals surface area contributed by atoms with E-state index in [9.17, 15) is 25.2 Å². The average molecular weight is 903 g/mol. The molecule has 67 heavy (non-hydrogen) atoms. The van der Waals surface area contributed by atoms with Crippen molar-refractivity contribution in [2.75, 3.05) is 20.8 Å². The summed E-state index contributed by atoms with van der Waals surface area (Å²) in [6, 6.07) is 38.1. The largest absolute Gasteiger partial charge is 0.508 e. The SMILES string of the molecule is COc1cc([C@H]2C[C@H](OC(=O)C3(c4ccc5cc(O)cc(-c6ccccc6)c5c4)CCCC3)C[C@@H](OC(C)=O)[C@@H]3Cc4cc(OC)c(O)cc4[C@H](CO)[C@@]3(/C=C/c3ccccc3)C2)ccc1O. The fraction of sp³-hybridized carbons (Fsp3) is 0.333. The predicted octanol–water partition coefficient (Wildman–Crippen LogP) is 10.9. The van der Waals surface area contributed by atoms with Crippen molar-refractivity contribution < 1.29 is 49.0 Å². The first-order chi connectivity index (χ1) is 32.4. The monoisotopic (exact) mass is 902 g/mol. The third kappa shape index (κ3) is 8.71. The van der Waals surface area contributed by atoms with Crippen molar-refractivity contribution in [3.8, 4) is 39.9 Å². The fourth-order valence-electron chi connectivity index (χ4n) is 11.8. The molecule has 2 saturated carbocycles. The molecule has 6 aromatic carbocycles. The van der Waals surface area contributed by atoms with Crippen LogP contribution in [0.1, 0.15) is 91.5 Å². The van der Waals surface area contributed by atoms with E-state index in [1.54, 1.807) is 30.3 Å². The highest BCUT2D eigenvalue weighted by atomic mass is 16.6. The summed E-state index contributed by atoms with van der Waals surface area (Å²) in [6.45, 7) is 1.11. The molecule has 3 aliphatic carbocycles. The molecule has 0 heterocycles. The van der Waals surface area contributed by atoms with Crippen LogP contribution in [-0.2, 0) is 30.9 Å². The third-order valence-corrected chi connectivity index (χ3v) is 14.9. The summed E-state index contributed by atoms with van der Waals surface area (Å²) in [7, 11) is 3.00. The first kappa shape index (κ1) is 45.4. The van der Waals surface area contributed by atoms with E-state index in [-0.39, 0.29) is 42.2 Å². The lowest BCUT2D eigenvalue weighted by atomic mass is 9.52. The van der Waals surface area contributed by atoms with E-state index >= 15 is 4.79 Å². The lowest BCUT2D eigenvalue weighted by molar-refractivity contribution is -0.166. The van der Waals surface area contributed by atoms with Crippen LogP contribution in [0.4, 0.5) is 0 Å². The van der Waals surface area contributed by atoms with E-state index in [1.807, 2.05) is 84.9 Å². The minimum Gasteiger partial charge on any atom is -0.508 e. The van der Waals surface area contributed by atoms with Gasteiger partial charge in [-0.2, -0.15) is 0 Å². The van der Waals surface area contributed by atoms with E-state index < -0.39 is 40.8 Å². The molecule has 0 saturated heterocycles. The number of benzene rings is 6. The van der Waals surface area contributed by atoms with Gasteiger partial charge >= 0.3 is 11.9 Å². The number of hydrogen-bond acceptors (Lipinski definition) is 10. The van der Waals surface area contributed by atoms with Gasteiger partial charge in [0.1, 0.15) is 18.0 Å². The number of allylic oxidation sites excluding steroid dienone is 1. The molecule has 0 aromatic heterocycles. The van der Waals surface area contributed by atoms with Gasteiger partial charge in [-0.1, -0.05) is 104 Å². The fourth-order valence-corrected chi connectivity index (χ4v) is 11.8. The number of phenols is 3. The minimum absolute atomic E-state index is 0.0139. The second kappa shape index (κ2) is 18.8. The molecule has 0 radical (unpaired) electrons. The summed E-state index contributed by atoms with van der Waals surface area (Å²) in [6.07, 6.45) is 6.88. The maximum atomic E-state index is 15.4. The molecule has 3 aliphatic rings. The first-order valence-electron chi connectivity index (χ1n) is 23.3. The highest BCUT2D eigenvalue weighted by molar-refractivity contribution is 5.99. The molecule has 346 valence electrons. The first-order valence-corrected chi connectivity index (χ1v) is 23.3. The highest BCUT2D eigenvalue weighted by Gasteiger charge is 2.55. The predicted molar refractivity (Wildman–Crippen MR) is 257 cm³/mol. The lowest BCUT2D eigenvalue weighted by Crippen LogP contribution is -2.52. The van der Waals surface area contributed by atoms with Crippen LogP contribution in [0.15, 0.2) is 127 Å². The Bertz CT molecular complexity index is 2800. The number of aliphatic hydroxyl groups excluding tert-OH is 1. The molecular formula is C57H58O10. The van der Waals surface area contributed by atoms with Crippen molar-refractivity contribution in [3.63, 3.8) is 0 Å². The third-order valence-electron chi connectivity index (χ3n) is 14.9. The van der Waals surface area contributed by atoms with Crippen molar-refractivity contribution in [1.82, 2.24) is 0 Å². The summed E-state index contributed by atoms with van der Waals surface area (Å²) >= 11 is 0. The number of hydrogen-bond donors (Lipinski definition) is 4. The van der Waals surface area contributed by atoms with E-state index in [1.165, 1.54) is 21.1 Å². The number of carbonyl (C=O) groups excluding carboxylic acids is 2. The maximum Gasteiger partial charge on any atom is 0.316 e. The molecule has 0 aliphatic heterocycles. The Morgan fingerprint density at radius 2 is 1.48 bits per heavy atom. The molecular weight excluding hydrogens is 845 g/mol. The van der Waals surface area contributed by atoms with Crippen LogP contribution in [0.3, 0.4) is 0 Å². The van der Waals surface area contributed by atoms with Crippen molar-refractivity contribution in [1.29, 1.82) is 0 Å². The van der Waals surface area contributed by atoms with Gasteiger partial charge in [0, 0.05) is 30.6 Å². The quantitative estimate of drug-likeness (QED) is 0.0925. The molecule has 4 N–H and O–H groups in total. The van der Waals surface area contributed by atoms with Crippen LogP contribution in [0, 0.1) is 11.3 Å². The molecule has 6 aromatic rings. The number of esters is 2. The zero-order valence-corrected chi connectivity index (χ0v) is 38.2. The number of aromatic hydroxyl groups is 3. The lowest BCUT2D eigenvalue weighted by Gasteiger charge is -2.54. The summed E-state index contributed by atoms with van der Waals surface area (Å²) in [5.74, 6) is -1.49. The Balaban J connectivity index is 1.18. The number of ether oxygens (including phenoxy) is 4. The molecule has 0 bridgehead atoms. The van der Waals surface area contributed by atoms with E-state index in [0.29, 0.717) is 43.6 Å². The van der Waals surface area contributed by atoms with Gasteiger partial charge in [-0.25, -0.2) is 0 Å². The Labute approximate surface area is 391 Å². The van der Waals surface area contributed by atoms with Crippen LogP contribution in [0.5, 0.6) is 28.7 Å². The number of methoxy groups -OCH3 is 2. The summed E-state index contributed by atoms with van der Waals surface area (Å²) < 4.78 is 24.6. The van der Waals surface area contributed by atoms with Gasteiger partial charge in [0.15, 0.2) is 23.0 Å². The molecule has 10 nitrogen and oxygen atoms in total. The van der Waals surface area contributed by atoms with Crippen molar-refractivity contribution >= 4 is 28.8 Å². The number of phenolic OH excluding ortho intramolecular Hbond substituents is 3. The van der Waals surface area contributed by atoms with Gasteiger partial charge < -0.3 is 39.4 Å². The zero-order valence-electron chi connectivity index (χ0n) is 38.2. The van der Waals surface area contributed by atoms with Gasteiger partial charge in [-0.15, -0.1) is 0 Å².